The Kier molecular flexibility index (Phi) is 6.20. The molecule has 22 heavy (non-hydrogen) atoms. The third kappa shape index (κ3) is 4.70. The lowest BCUT2D eigenvalue weighted by Gasteiger charge is -2.31. The molecule has 1 aliphatic heterocycles. The Morgan fingerprint density at radius 2 is 2.36 bits per heavy atom. The van der Waals surface area contributed by atoms with Gasteiger partial charge in [-0.25, -0.2) is 0 Å². The Bertz CT molecular complexity index is 571. The molecular weight excluding hydrogens is 302 g/mol. The van der Waals surface area contributed by atoms with Crippen molar-refractivity contribution in [2.75, 3.05) is 31.6 Å². The first-order valence-corrected chi connectivity index (χ1v) is 7.83. The molecule has 0 spiro atoms. The van der Waals surface area contributed by atoms with E-state index in [0.717, 1.165) is 25.9 Å². The number of piperidine rings is 1. The summed E-state index contributed by atoms with van der Waals surface area (Å²) in [5.74, 6) is 0.251. The highest BCUT2D eigenvalue weighted by Gasteiger charge is 2.19. The van der Waals surface area contributed by atoms with Crippen molar-refractivity contribution in [1.82, 2.24) is 4.90 Å². The van der Waals surface area contributed by atoms with Gasteiger partial charge in [0.25, 0.3) is 0 Å². The lowest BCUT2D eigenvalue weighted by Crippen LogP contribution is -2.38. The van der Waals surface area contributed by atoms with Gasteiger partial charge >= 0.3 is 0 Å². The molecule has 2 rings (SSSR count). The molecular formula is C16H20ClN3O2. The molecule has 0 radical (unpaired) electrons. The Morgan fingerprint density at radius 3 is 3.05 bits per heavy atom. The number of nitrogens with zero attached hydrogens (tertiary/aromatic N) is 2. The molecule has 1 aliphatic rings. The van der Waals surface area contributed by atoms with E-state index in [2.05, 4.69) is 10.2 Å². The van der Waals surface area contributed by atoms with E-state index >= 15 is 0 Å². The van der Waals surface area contributed by atoms with Crippen molar-refractivity contribution in [1.29, 1.82) is 5.26 Å². The molecule has 1 amide bonds. The van der Waals surface area contributed by atoms with Crippen molar-refractivity contribution >= 4 is 23.2 Å². The summed E-state index contributed by atoms with van der Waals surface area (Å²) in [5, 5.41) is 21.2. The Morgan fingerprint density at radius 1 is 1.55 bits per heavy atom. The minimum Gasteiger partial charge on any atom is -0.396 e. The zero-order valence-electron chi connectivity index (χ0n) is 12.4. The van der Waals surface area contributed by atoms with Crippen LogP contribution in [-0.4, -0.2) is 42.2 Å². The number of carbonyl (C=O) groups excluding carboxylic acids is 1. The van der Waals surface area contributed by atoms with Crippen LogP contribution >= 0.6 is 11.6 Å². The van der Waals surface area contributed by atoms with Crippen LogP contribution in [0, 0.1) is 17.2 Å². The van der Waals surface area contributed by atoms with E-state index < -0.39 is 0 Å². The number of hydrogen-bond acceptors (Lipinski definition) is 4. The van der Waals surface area contributed by atoms with Crippen LogP contribution in [-0.2, 0) is 4.79 Å². The standard InChI is InChI=1S/C16H20ClN3O2/c17-15-8-14(4-3-13(15)9-18)19-16(22)5-7-20-6-1-2-12(10-20)11-21/h3-4,8,12,21H,1-2,5-7,10-11H2,(H,19,22). The second-order valence-corrected chi connectivity index (χ2v) is 6.00. The van der Waals surface area contributed by atoms with E-state index in [9.17, 15) is 9.90 Å². The van der Waals surface area contributed by atoms with E-state index in [1.165, 1.54) is 0 Å². The molecule has 1 heterocycles. The maximum absolute atomic E-state index is 12.0. The first-order chi connectivity index (χ1) is 10.6. The summed E-state index contributed by atoms with van der Waals surface area (Å²) in [6.45, 7) is 2.73. The fraction of sp³-hybridized carbons (Fsp3) is 0.500. The summed E-state index contributed by atoms with van der Waals surface area (Å²) in [7, 11) is 0. The number of amides is 1. The van der Waals surface area contributed by atoms with Crippen LogP contribution in [0.2, 0.25) is 5.02 Å². The van der Waals surface area contributed by atoms with Gasteiger partial charge in [-0.15, -0.1) is 0 Å². The molecule has 0 bridgehead atoms. The van der Waals surface area contributed by atoms with Crippen molar-refractivity contribution < 1.29 is 9.90 Å². The fourth-order valence-corrected chi connectivity index (χ4v) is 2.89. The number of nitriles is 1. The zero-order valence-corrected chi connectivity index (χ0v) is 13.1. The molecule has 6 heteroatoms. The van der Waals surface area contributed by atoms with Crippen molar-refractivity contribution in [2.45, 2.75) is 19.3 Å². The third-order valence-electron chi connectivity index (χ3n) is 3.89. The van der Waals surface area contributed by atoms with Gasteiger partial charge in [-0.3, -0.25) is 4.79 Å². The molecule has 2 N–H and O–H groups in total. The number of hydrogen-bond donors (Lipinski definition) is 2. The summed E-state index contributed by atoms with van der Waals surface area (Å²) in [5.41, 5.74) is 0.990. The van der Waals surface area contributed by atoms with Gasteiger partial charge in [0.15, 0.2) is 0 Å². The predicted molar refractivity (Wildman–Crippen MR) is 85.7 cm³/mol. The minimum absolute atomic E-state index is 0.0769. The van der Waals surface area contributed by atoms with Gasteiger partial charge in [0.1, 0.15) is 6.07 Å². The normalized spacial score (nSPS) is 18.7. The number of anilines is 1. The highest BCUT2D eigenvalue weighted by atomic mass is 35.5. The Labute approximate surface area is 135 Å². The highest BCUT2D eigenvalue weighted by Crippen LogP contribution is 2.20. The van der Waals surface area contributed by atoms with Crippen molar-refractivity contribution in [3.05, 3.63) is 28.8 Å². The molecule has 1 aromatic carbocycles. The SMILES string of the molecule is N#Cc1ccc(NC(=O)CCN2CCCC(CO)C2)cc1Cl. The van der Waals surface area contributed by atoms with Crippen LogP contribution in [0.1, 0.15) is 24.8 Å². The quantitative estimate of drug-likeness (QED) is 0.872. The van der Waals surface area contributed by atoms with Gasteiger partial charge in [-0.05, 0) is 43.5 Å². The lowest BCUT2D eigenvalue weighted by molar-refractivity contribution is -0.116. The fourth-order valence-electron chi connectivity index (χ4n) is 2.67. The molecule has 1 saturated heterocycles. The molecule has 0 aromatic heterocycles. The lowest BCUT2D eigenvalue weighted by atomic mass is 9.99. The monoisotopic (exact) mass is 321 g/mol. The summed E-state index contributed by atoms with van der Waals surface area (Å²) < 4.78 is 0. The zero-order chi connectivity index (χ0) is 15.9. The average molecular weight is 322 g/mol. The summed E-state index contributed by atoms with van der Waals surface area (Å²) in [4.78, 5) is 14.2. The molecule has 1 atom stereocenters. The molecule has 118 valence electrons. The third-order valence-corrected chi connectivity index (χ3v) is 4.20. The van der Waals surface area contributed by atoms with Crippen LogP contribution in [0.5, 0.6) is 0 Å². The maximum Gasteiger partial charge on any atom is 0.225 e. The number of rotatable bonds is 5. The van der Waals surface area contributed by atoms with E-state index in [1.54, 1.807) is 18.2 Å². The number of benzene rings is 1. The van der Waals surface area contributed by atoms with Gasteiger partial charge in [0.05, 0.1) is 10.6 Å². The Balaban J connectivity index is 1.80. The average Bonchev–Trinajstić information content (AvgIpc) is 2.53. The van der Waals surface area contributed by atoms with Crippen LogP contribution < -0.4 is 5.32 Å². The molecule has 1 fully saturated rings. The first-order valence-electron chi connectivity index (χ1n) is 7.45. The van der Waals surface area contributed by atoms with E-state index in [1.807, 2.05) is 6.07 Å². The highest BCUT2D eigenvalue weighted by molar-refractivity contribution is 6.32. The second-order valence-electron chi connectivity index (χ2n) is 5.60. The van der Waals surface area contributed by atoms with Crippen LogP contribution in [0.25, 0.3) is 0 Å². The minimum atomic E-state index is -0.0769. The van der Waals surface area contributed by atoms with Crippen LogP contribution in [0.3, 0.4) is 0 Å². The van der Waals surface area contributed by atoms with Crippen molar-refractivity contribution in [3.8, 4) is 6.07 Å². The van der Waals surface area contributed by atoms with Gasteiger partial charge in [0.2, 0.25) is 5.91 Å². The topological polar surface area (TPSA) is 76.4 Å². The van der Waals surface area contributed by atoms with Crippen LogP contribution in [0.4, 0.5) is 5.69 Å². The van der Waals surface area contributed by atoms with E-state index in [-0.39, 0.29) is 12.5 Å². The molecule has 5 nitrogen and oxygen atoms in total. The maximum atomic E-state index is 12.0. The first kappa shape index (κ1) is 16.8. The number of likely N-dealkylation sites (tertiary alicyclic amines) is 1. The Hall–Kier alpha value is -1.61. The van der Waals surface area contributed by atoms with E-state index in [4.69, 9.17) is 16.9 Å². The van der Waals surface area contributed by atoms with Crippen LogP contribution in [0.15, 0.2) is 18.2 Å². The van der Waals surface area contributed by atoms with Gasteiger partial charge in [0, 0.05) is 31.8 Å². The molecule has 0 saturated carbocycles. The summed E-state index contributed by atoms with van der Waals surface area (Å²) in [6, 6.07) is 6.83. The molecule has 1 aromatic rings. The van der Waals surface area contributed by atoms with Crippen molar-refractivity contribution in [3.63, 3.8) is 0 Å². The number of aliphatic hydroxyl groups excluding tert-OH is 1. The van der Waals surface area contributed by atoms with Gasteiger partial charge in [-0.2, -0.15) is 5.26 Å². The van der Waals surface area contributed by atoms with Gasteiger partial charge < -0.3 is 15.3 Å². The number of carbonyl (C=O) groups is 1. The second kappa shape index (κ2) is 8.14. The summed E-state index contributed by atoms with van der Waals surface area (Å²) in [6.07, 6.45) is 2.52. The molecule has 1 unspecified atom stereocenters. The number of nitrogens with one attached hydrogen (secondary N) is 1. The number of halogens is 1. The summed E-state index contributed by atoms with van der Waals surface area (Å²) >= 11 is 5.94. The predicted octanol–water partition coefficient (Wildman–Crippen LogP) is 2.24. The van der Waals surface area contributed by atoms with E-state index in [0.29, 0.717) is 35.2 Å². The van der Waals surface area contributed by atoms with Crippen molar-refractivity contribution in [2.24, 2.45) is 5.92 Å². The number of aliphatic hydroxyl groups is 1. The smallest absolute Gasteiger partial charge is 0.225 e. The molecule has 0 aliphatic carbocycles. The largest absolute Gasteiger partial charge is 0.396 e. The van der Waals surface area contributed by atoms with Gasteiger partial charge in [-0.1, -0.05) is 11.6 Å².